The predicted octanol–water partition coefficient (Wildman–Crippen LogP) is 7.84. The van der Waals surface area contributed by atoms with Gasteiger partial charge in [0.1, 0.15) is 58.2 Å². The van der Waals surface area contributed by atoms with Gasteiger partial charge in [-0.25, -0.2) is 9.36 Å². The lowest BCUT2D eigenvalue weighted by Crippen LogP contribution is -2.19. The SMILES string of the molecule is COc1c(C#N)cnc2c1CCC[C@@H]2Oc1cc2c(cnn2-c2cnn(C[N+]#Cc3cnc4c(c3OC)CCC[C@H]4Oc3cc4c(cnn4-c4cnn(C)c4)cc3C)c2)cc1C. The van der Waals surface area contributed by atoms with E-state index >= 15 is 0 Å². The van der Waals surface area contributed by atoms with E-state index in [1.54, 1.807) is 48.4 Å². The van der Waals surface area contributed by atoms with Crippen molar-refractivity contribution in [1.29, 1.82) is 5.26 Å². The van der Waals surface area contributed by atoms with Gasteiger partial charge in [0.2, 0.25) is 0 Å². The van der Waals surface area contributed by atoms with Gasteiger partial charge in [-0.05, 0) is 75.6 Å². The van der Waals surface area contributed by atoms with E-state index in [1.807, 2.05) is 60.3 Å². The van der Waals surface area contributed by atoms with E-state index in [2.05, 4.69) is 56.3 Å². The fraction of sp³-hybridized carbons (Fsp3) is 0.304. The Bertz CT molecular complexity index is 3140. The highest BCUT2D eigenvalue weighted by Crippen LogP contribution is 2.41. The summed E-state index contributed by atoms with van der Waals surface area (Å²) in [6.45, 7) is 4.30. The first-order valence-corrected chi connectivity index (χ1v) is 20.6. The largest absolute Gasteiger partial charge is 0.495 e. The van der Waals surface area contributed by atoms with Crippen LogP contribution in [0.3, 0.4) is 0 Å². The number of hydrogen-bond donors (Lipinski definition) is 0. The monoisotopic (exact) mass is 827 g/mol. The van der Waals surface area contributed by atoms with E-state index in [-0.39, 0.29) is 18.9 Å². The smallest absolute Gasteiger partial charge is 0.357 e. The highest BCUT2D eigenvalue weighted by molar-refractivity contribution is 5.84. The predicted molar refractivity (Wildman–Crippen MR) is 229 cm³/mol. The van der Waals surface area contributed by atoms with Crippen LogP contribution < -0.4 is 18.9 Å². The summed E-state index contributed by atoms with van der Waals surface area (Å²) in [5.74, 6) is 2.80. The number of pyridine rings is 2. The summed E-state index contributed by atoms with van der Waals surface area (Å²) in [7, 11) is 5.15. The molecule has 6 aromatic heterocycles. The van der Waals surface area contributed by atoms with Gasteiger partial charge in [-0.15, -0.1) is 0 Å². The zero-order valence-corrected chi connectivity index (χ0v) is 35.0. The minimum atomic E-state index is -0.274. The average Bonchev–Trinajstić information content (AvgIpc) is 4.11. The molecule has 310 valence electrons. The second kappa shape index (κ2) is 15.7. The van der Waals surface area contributed by atoms with Gasteiger partial charge < -0.3 is 18.9 Å². The number of fused-ring (bicyclic) bond motifs is 4. The van der Waals surface area contributed by atoms with Crippen LogP contribution in [0, 0.1) is 31.2 Å². The van der Waals surface area contributed by atoms with Gasteiger partial charge in [0.15, 0.2) is 5.56 Å². The Kier molecular flexibility index (Phi) is 9.75. The van der Waals surface area contributed by atoms with Crippen LogP contribution in [0.25, 0.3) is 38.0 Å². The topological polar surface area (TPSA) is 162 Å². The van der Waals surface area contributed by atoms with Crippen molar-refractivity contribution in [2.24, 2.45) is 7.05 Å². The van der Waals surface area contributed by atoms with Crippen LogP contribution in [-0.4, -0.2) is 63.3 Å². The fourth-order valence-electron chi connectivity index (χ4n) is 8.75. The minimum Gasteiger partial charge on any atom is -0.495 e. The molecule has 2 aromatic carbocycles. The van der Waals surface area contributed by atoms with Crippen LogP contribution in [0.2, 0.25) is 0 Å². The van der Waals surface area contributed by atoms with E-state index in [0.29, 0.717) is 22.6 Å². The van der Waals surface area contributed by atoms with Crippen molar-refractivity contribution >= 4 is 21.8 Å². The summed E-state index contributed by atoms with van der Waals surface area (Å²) in [6, 6.07) is 13.6. The molecule has 0 amide bonds. The first kappa shape index (κ1) is 38.5. The van der Waals surface area contributed by atoms with Crippen molar-refractivity contribution in [2.45, 2.75) is 71.2 Å². The quantitative estimate of drug-likeness (QED) is 0.139. The first-order valence-electron chi connectivity index (χ1n) is 20.6. The molecule has 62 heavy (non-hydrogen) atoms. The number of methoxy groups -OCH3 is 2. The van der Waals surface area contributed by atoms with E-state index < -0.39 is 0 Å². The summed E-state index contributed by atoms with van der Waals surface area (Å²) in [6.07, 6.45) is 18.9. The molecule has 0 radical (unpaired) electrons. The van der Waals surface area contributed by atoms with Crippen LogP contribution >= 0.6 is 0 Å². The molecule has 16 nitrogen and oxygen atoms in total. The number of aryl methyl sites for hydroxylation is 3. The Morgan fingerprint density at radius 3 is 1.79 bits per heavy atom. The number of aromatic nitrogens is 10. The highest BCUT2D eigenvalue weighted by Gasteiger charge is 2.30. The van der Waals surface area contributed by atoms with E-state index in [0.717, 1.165) is 117 Å². The van der Waals surface area contributed by atoms with Gasteiger partial charge in [0, 0.05) is 47.3 Å². The highest BCUT2D eigenvalue weighted by atomic mass is 16.5. The number of benzene rings is 2. The molecule has 16 heteroatoms. The van der Waals surface area contributed by atoms with E-state index in [1.165, 1.54) is 0 Å². The standard InChI is InChI=1S/C46H43N12O4/c1-27-12-29-20-53-57(33-22-51-55(3)24-33)37(29)14-41(27)62-40-11-7-9-36-44(40)50-19-32(46(36)60-5)17-48-26-56-25-34(23-52-56)58-38-15-42(28(2)13-30(38)21-54-58)61-39-10-6-8-35-43(39)49-18-31(16-47)45(35)59-4/h12-15,18-25,39-40H,6-11,26H2,1-5H3/q+1/t39-,40+/m0/s1. The fourth-order valence-corrected chi connectivity index (χ4v) is 8.75. The van der Waals surface area contributed by atoms with Gasteiger partial charge in [0.05, 0.1) is 80.0 Å². The molecule has 0 saturated carbocycles. The maximum Gasteiger partial charge on any atom is 0.357 e. The second-order valence-electron chi connectivity index (χ2n) is 15.7. The lowest BCUT2D eigenvalue weighted by atomic mass is 9.91. The Morgan fingerprint density at radius 2 is 1.24 bits per heavy atom. The second-order valence-corrected chi connectivity index (χ2v) is 15.7. The maximum atomic E-state index is 9.59. The van der Waals surface area contributed by atoms with Crippen molar-refractivity contribution in [2.75, 3.05) is 14.2 Å². The molecule has 0 bridgehead atoms. The number of nitriles is 1. The molecule has 0 unspecified atom stereocenters. The molecule has 0 aliphatic heterocycles. The Balaban J connectivity index is 0.864. The molecule has 2 aliphatic carbocycles. The number of ether oxygens (including phenoxy) is 4. The van der Waals surface area contributed by atoms with Crippen molar-refractivity contribution in [3.8, 4) is 46.5 Å². The maximum absolute atomic E-state index is 9.59. The number of nitrogens with zero attached hydrogens (tertiary/aromatic N) is 12. The van der Waals surface area contributed by atoms with Gasteiger partial charge in [-0.1, -0.05) is 4.85 Å². The van der Waals surface area contributed by atoms with Gasteiger partial charge >= 0.3 is 12.7 Å². The van der Waals surface area contributed by atoms with Gasteiger partial charge in [0.25, 0.3) is 0 Å². The normalized spacial score (nSPS) is 15.7. The summed E-state index contributed by atoms with van der Waals surface area (Å²) >= 11 is 0. The van der Waals surface area contributed by atoms with Crippen molar-refractivity contribution in [3.63, 3.8) is 0 Å². The molecule has 8 aromatic rings. The first-order chi connectivity index (χ1) is 30.3. The summed E-state index contributed by atoms with van der Waals surface area (Å²) in [4.78, 5) is 14.2. The minimum absolute atomic E-state index is 0.223. The van der Waals surface area contributed by atoms with Crippen LogP contribution in [-0.2, 0) is 26.6 Å². The van der Waals surface area contributed by atoms with Gasteiger partial charge in [-0.3, -0.25) is 14.6 Å². The molecule has 10 rings (SSSR count). The molecular formula is C46H43N12O4+. The van der Waals surface area contributed by atoms with E-state index in [4.69, 9.17) is 29.0 Å². The number of hydrogen-bond acceptors (Lipinski definition) is 11. The van der Waals surface area contributed by atoms with Crippen LogP contribution in [0.15, 0.2) is 73.8 Å². The van der Waals surface area contributed by atoms with Crippen molar-refractivity contribution < 1.29 is 18.9 Å². The Labute approximate surface area is 356 Å². The summed E-state index contributed by atoms with van der Waals surface area (Å²) in [5.41, 5.74) is 10.2. The molecule has 6 heterocycles. The van der Waals surface area contributed by atoms with Crippen LogP contribution in [0.5, 0.6) is 23.0 Å². The molecule has 2 aliphatic rings. The van der Waals surface area contributed by atoms with Gasteiger partial charge in [-0.2, -0.15) is 30.3 Å². The lowest BCUT2D eigenvalue weighted by molar-refractivity contribution is 0.176. The molecule has 0 saturated heterocycles. The summed E-state index contributed by atoms with van der Waals surface area (Å²) in [5, 5.41) is 29.8. The van der Waals surface area contributed by atoms with Crippen LogP contribution in [0.1, 0.15) is 82.7 Å². The molecule has 2 atom stereocenters. The van der Waals surface area contributed by atoms with Crippen molar-refractivity contribution in [3.05, 3.63) is 123 Å². The molecular weight excluding hydrogens is 785 g/mol. The average molecular weight is 828 g/mol. The van der Waals surface area contributed by atoms with Crippen molar-refractivity contribution in [1.82, 2.24) is 49.1 Å². The van der Waals surface area contributed by atoms with Crippen LogP contribution in [0.4, 0.5) is 0 Å². The third-order valence-corrected chi connectivity index (χ3v) is 11.7. The Morgan fingerprint density at radius 1 is 0.694 bits per heavy atom. The lowest BCUT2D eigenvalue weighted by Gasteiger charge is -2.27. The van der Waals surface area contributed by atoms with E-state index in [9.17, 15) is 5.26 Å². The zero-order chi connectivity index (χ0) is 42.5. The molecule has 0 N–H and O–H groups in total. The third kappa shape index (κ3) is 6.79. The summed E-state index contributed by atoms with van der Waals surface area (Å²) < 4.78 is 32.2. The zero-order valence-electron chi connectivity index (χ0n) is 35.0. The Hall–Kier alpha value is -7.72. The third-order valence-electron chi connectivity index (χ3n) is 11.7. The number of rotatable bonds is 9. The molecule has 0 spiro atoms. The molecule has 0 fully saturated rings.